The first kappa shape index (κ1) is 22.6. The van der Waals surface area contributed by atoms with Gasteiger partial charge in [0.2, 0.25) is 10.9 Å². The third kappa shape index (κ3) is 5.24. The minimum absolute atomic E-state index is 0.143. The van der Waals surface area contributed by atoms with Crippen molar-refractivity contribution in [3.05, 3.63) is 89.4 Å². The van der Waals surface area contributed by atoms with Crippen molar-refractivity contribution in [2.24, 2.45) is 0 Å². The van der Waals surface area contributed by atoms with Crippen LogP contribution in [0, 0.1) is 11.6 Å². The second-order valence-electron chi connectivity index (χ2n) is 7.23. The van der Waals surface area contributed by atoms with Gasteiger partial charge < -0.3 is 0 Å². The van der Waals surface area contributed by atoms with E-state index in [0.29, 0.717) is 28.7 Å². The molecule has 0 atom stereocenters. The van der Waals surface area contributed by atoms with Crippen LogP contribution in [-0.2, 0) is 17.3 Å². The lowest BCUT2D eigenvalue weighted by molar-refractivity contribution is 0.103. The number of carbonyl (C=O) groups is 1. The molecule has 33 heavy (non-hydrogen) atoms. The summed E-state index contributed by atoms with van der Waals surface area (Å²) in [6.45, 7) is 0.157. The first-order valence-electron chi connectivity index (χ1n) is 10.00. The zero-order chi connectivity index (χ0) is 23.4. The normalized spacial score (nSPS) is 11.2. The average Bonchev–Trinajstić information content (AvgIpc) is 2.83. The molecule has 0 saturated heterocycles. The number of carbonyl (C=O) groups excluding carboxylic acids is 1. The van der Waals surface area contributed by atoms with E-state index < -0.39 is 33.9 Å². The van der Waals surface area contributed by atoms with Gasteiger partial charge in [-0.2, -0.15) is 0 Å². The van der Waals surface area contributed by atoms with Gasteiger partial charge in [-0.25, -0.2) is 26.9 Å². The zero-order valence-electron chi connectivity index (χ0n) is 17.2. The summed E-state index contributed by atoms with van der Waals surface area (Å²) >= 11 is 0. The number of hydrogen-bond acceptors (Lipinski definition) is 6. The molecule has 0 aliphatic carbocycles. The van der Waals surface area contributed by atoms with E-state index in [1.54, 1.807) is 36.8 Å². The SMILES string of the molecule is O=C(c1ccc2ncc(-c3ccncc3)nc2c1)c1cc(CCCN[SH](=O)=O)cc(F)c1F. The first-order valence-corrected chi connectivity index (χ1v) is 11.2. The smallest absolute Gasteiger partial charge is 0.201 e. The summed E-state index contributed by atoms with van der Waals surface area (Å²) in [5.41, 5.74) is 2.50. The maximum atomic E-state index is 14.5. The Morgan fingerprint density at radius 1 is 1.00 bits per heavy atom. The van der Waals surface area contributed by atoms with Crippen LogP contribution in [0.1, 0.15) is 27.9 Å². The summed E-state index contributed by atoms with van der Waals surface area (Å²) in [6.07, 6.45) is 5.50. The van der Waals surface area contributed by atoms with Crippen LogP contribution in [0.3, 0.4) is 0 Å². The summed E-state index contributed by atoms with van der Waals surface area (Å²) in [6, 6.07) is 10.4. The van der Waals surface area contributed by atoms with Crippen molar-refractivity contribution in [2.75, 3.05) is 6.54 Å². The quantitative estimate of drug-likeness (QED) is 0.234. The number of thiol groups is 1. The standard InChI is InChI=1S/C23H18F2N4O3S/c24-18-11-14(2-1-7-28-33(31)32)10-17(22(18)25)23(30)16-3-4-19-20(12-16)29-21(13-27-19)15-5-8-26-9-6-15/h3-6,8-13,33H,1-2,7H2,(H,28,31,32). The molecule has 0 bridgehead atoms. The maximum absolute atomic E-state index is 14.5. The molecule has 0 spiro atoms. The number of aryl methyl sites for hydroxylation is 1. The van der Waals surface area contributed by atoms with E-state index in [2.05, 4.69) is 19.7 Å². The number of hydrogen-bond donors (Lipinski definition) is 2. The van der Waals surface area contributed by atoms with Crippen molar-refractivity contribution in [3.63, 3.8) is 0 Å². The third-order valence-corrected chi connectivity index (χ3v) is 5.48. The number of fused-ring (bicyclic) bond motifs is 1. The largest absolute Gasteiger partial charge is 0.288 e. The molecule has 10 heteroatoms. The third-order valence-electron chi connectivity index (χ3n) is 5.00. The van der Waals surface area contributed by atoms with Crippen molar-refractivity contribution < 1.29 is 22.0 Å². The van der Waals surface area contributed by atoms with Crippen molar-refractivity contribution in [3.8, 4) is 11.3 Å². The first-order chi connectivity index (χ1) is 15.9. The highest BCUT2D eigenvalue weighted by Gasteiger charge is 2.19. The maximum Gasteiger partial charge on any atom is 0.201 e. The molecule has 4 aromatic rings. The Labute approximate surface area is 189 Å². The second kappa shape index (κ2) is 9.88. The summed E-state index contributed by atoms with van der Waals surface area (Å²) in [4.78, 5) is 25.9. The lowest BCUT2D eigenvalue weighted by atomic mass is 9.98. The molecule has 2 aromatic carbocycles. The minimum atomic E-state index is -2.72. The van der Waals surface area contributed by atoms with Gasteiger partial charge in [0.05, 0.1) is 28.5 Å². The van der Waals surface area contributed by atoms with Crippen LogP contribution in [-0.4, -0.2) is 35.7 Å². The number of rotatable bonds is 8. The Morgan fingerprint density at radius 2 is 1.79 bits per heavy atom. The number of halogens is 2. The van der Waals surface area contributed by atoms with Crippen molar-refractivity contribution in [1.29, 1.82) is 0 Å². The highest BCUT2D eigenvalue weighted by atomic mass is 32.2. The molecule has 1 N–H and O–H groups in total. The monoisotopic (exact) mass is 468 g/mol. The molecule has 0 fully saturated rings. The van der Waals surface area contributed by atoms with Gasteiger partial charge >= 0.3 is 0 Å². The van der Waals surface area contributed by atoms with E-state index in [1.165, 1.54) is 18.2 Å². The van der Waals surface area contributed by atoms with Crippen molar-refractivity contribution in [1.82, 2.24) is 19.7 Å². The molecule has 0 aliphatic heterocycles. The topological polar surface area (TPSA) is 102 Å². The fraction of sp³-hybridized carbons (Fsp3) is 0.130. The van der Waals surface area contributed by atoms with Gasteiger partial charge in [0.25, 0.3) is 0 Å². The fourth-order valence-electron chi connectivity index (χ4n) is 3.39. The molecule has 0 saturated carbocycles. The Balaban J connectivity index is 1.64. The number of nitrogens with one attached hydrogen (secondary N) is 1. The van der Waals surface area contributed by atoms with E-state index in [1.807, 2.05) is 0 Å². The summed E-state index contributed by atoms with van der Waals surface area (Å²) in [5, 5.41) is 0. The predicted octanol–water partition coefficient (Wildman–Crippen LogP) is 3.25. The molecule has 0 radical (unpaired) electrons. The predicted molar refractivity (Wildman–Crippen MR) is 119 cm³/mol. The number of benzene rings is 2. The molecule has 168 valence electrons. The van der Waals surface area contributed by atoms with Gasteiger partial charge in [0, 0.05) is 30.1 Å². The number of nitrogens with zero attached hydrogens (tertiary/aromatic N) is 3. The highest BCUT2D eigenvalue weighted by molar-refractivity contribution is 7.70. The summed E-state index contributed by atoms with van der Waals surface area (Å²) in [5.74, 6) is -3.06. The number of ketones is 1. The van der Waals surface area contributed by atoms with Crippen molar-refractivity contribution >= 4 is 27.7 Å². The Hall–Kier alpha value is -3.63. The fourth-order valence-corrected chi connectivity index (χ4v) is 3.73. The van der Waals surface area contributed by atoms with Crippen LogP contribution in [0.25, 0.3) is 22.3 Å². The van der Waals surface area contributed by atoms with Crippen LogP contribution in [0.4, 0.5) is 8.78 Å². The zero-order valence-corrected chi connectivity index (χ0v) is 18.1. The number of pyridine rings is 1. The molecule has 0 unspecified atom stereocenters. The molecule has 0 amide bonds. The molecule has 2 heterocycles. The van der Waals surface area contributed by atoms with Gasteiger partial charge in [-0.1, -0.05) is 0 Å². The molecular weight excluding hydrogens is 450 g/mol. The molecule has 4 rings (SSSR count). The van der Waals surface area contributed by atoms with E-state index in [4.69, 9.17) is 0 Å². The Kier molecular flexibility index (Phi) is 6.76. The van der Waals surface area contributed by atoms with Gasteiger partial charge in [0.1, 0.15) is 0 Å². The van der Waals surface area contributed by atoms with Gasteiger partial charge in [-0.05, 0) is 60.9 Å². The molecule has 2 aromatic heterocycles. The molecular formula is C23H18F2N4O3S. The summed E-state index contributed by atoms with van der Waals surface area (Å²) in [7, 11) is -2.72. The van der Waals surface area contributed by atoms with Crippen LogP contribution in [0.5, 0.6) is 0 Å². The van der Waals surface area contributed by atoms with Crippen LogP contribution >= 0.6 is 0 Å². The van der Waals surface area contributed by atoms with Crippen LogP contribution in [0.15, 0.2) is 61.1 Å². The van der Waals surface area contributed by atoms with Crippen LogP contribution in [0.2, 0.25) is 0 Å². The van der Waals surface area contributed by atoms with E-state index in [0.717, 1.165) is 11.6 Å². The summed E-state index contributed by atoms with van der Waals surface area (Å²) < 4.78 is 52.0. The van der Waals surface area contributed by atoms with E-state index >= 15 is 0 Å². The van der Waals surface area contributed by atoms with Crippen molar-refractivity contribution in [2.45, 2.75) is 12.8 Å². The van der Waals surface area contributed by atoms with Gasteiger partial charge in [0.15, 0.2) is 17.4 Å². The highest BCUT2D eigenvalue weighted by Crippen LogP contribution is 2.23. The van der Waals surface area contributed by atoms with Gasteiger partial charge in [-0.15, -0.1) is 0 Å². The lowest BCUT2D eigenvalue weighted by Crippen LogP contribution is -2.13. The van der Waals surface area contributed by atoms with Crippen LogP contribution < -0.4 is 4.72 Å². The molecule has 7 nitrogen and oxygen atoms in total. The van der Waals surface area contributed by atoms with Gasteiger partial charge in [-0.3, -0.25) is 14.8 Å². The second-order valence-corrected chi connectivity index (χ2v) is 8.06. The number of aromatic nitrogens is 3. The Morgan fingerprint density at radius 3 is 2.55 bits per heavy atom. The minimum Gasteiger partial charge on any atom is -0.288 e. The lowest BCUT2D eigenvalue weighted by Gasteiger charge is -2.09. The Bertz CT molecular complexity index is 1400. The molecule has 0 aliphatic rings. The van der Waals surface area contributed by atoms with E-state index in [-0.39, 0.29) is 18.5 Å². The average molecular weight is 468 g/mol. The van der Waals surface area contributed by atoms with E-state index in [9.17, 15) is 22.0 Å².